The number of thioether (sulfide) groups is 1. The first-order chi connectivity index (χ1) is 16.2. The number of pyridine rings is 1. The number of aromatic nitrogens is 1. The fourth-order valence-corrected chi connectivity index (χ4v) is 5.79. The second kappa shape index (κ2) is 11.5. The normalized spacial score (nSPS) is 22.1. The Morgan fingerprint density at radius 2 is 1.76 bits per heavy atom. The number of amides is 1. The summed E-state index contributed by atoms with van der Waals surface area (Å²) in [5.74, 6) is 0.651. The van der Waals surface area contributed by atoms with Crippen LogP contribution in [0.2, 0.25) is 0 Å². The van der Waals surface area contributed by atoms with Crippen LogP contribution >= 0.6 is 24.0 Å². The molecule has 9 heteroatoms. The van der Waals surface area contributed by atoms with Gasteiger partial charge in [0.2, 0.25) is 0 Å². The van der Waals surface area contributed by atoms with E-state index < -0.39 is 0 Å². The lowest BCUT2D eigenvalue weighted by molar-refractivity contribution is -0.122. The van der Waals surface area contributed by atoms with Crippen molar-refractivity contribution in [3.05, 3.63) is 31.9 Å². The molecule has 1 aromatic rings. The SMILES string of the molecule is CCCCN1C(=O)/C(=C/c2c(C)c(C#N)c(=O)n(CCCC)c2N2CC(C)OC(C)C2)SC1=S. The lowest BCUT2D eigenvalue weighted by Gasteiger charge is -2.39. The van der Waals surface area contributed by atoms with Crippen LogP contribution in [0.5, 0.6) is 0 Å². The highest BCUT2D eigenvalue weighted by Gasteiger charge is 2.34. The second-order valence-electron chi connectivity index (χ2n) is 9.01. The molecule has 2 aliphatic heterocycles. The molecule has 0 radical (unpaired) electrons. The Morgan fingerprint density at radius 3 is 2.35 bits per heavy atom. The number of unbranched alkanes of at least 4 members (excludes halogenated alkanes) is 2. The summed E-state index contributed by atoms with van der Waals surface area (Å²) in [5, 5.41) is 9.83. The van der Waals surface area contributed by atoms with Gasteiger partial charge in [0.05, 0.1) is 17.1 Å². The minimum absolute atomic E-state index is 0.00506. The van der Waals surface area contributed by atoms with Crippen LogP contribution in [0.1, 0.15) is 70.1 Å². The first kappa shape index (κ1) is 26.5. The van der Waals surface area contributed by atoms with Crippen molar-refractivity contribution in [3.8, 4) is 6.07 Å². The highest BCUT2D eigenvalue weighted by molar-refractivity contribution is 8.26. The molecule has 2 atom stereocenters. The van der Waals surface area contributed by atoms with Gasteiger partial charge in [0.15, 0.2) is 0 Å². The van der Waals surface area contributed by atoms with Crippen molar-refractivity contribution in [3.63, 3.8) is 0 Å². The molecule has 34 heavy (non-hydrogen) atoms. The number of nitrogens with zero attached hydrogens (tertiary/aromatic N) is 4. The van der Waals surface area contributed by atoms with Gasteiger partial charge in [-0.05, 0) is 45.3 Å². The molecule has 3 rings (SSSR count). The summed E-state index contributed by atoms with van der Waals surface area (Å²) in [7, 11) is 0. The number of anilines is 1. The van der Waals surface area contributed by atoms with E-state index >= 15 is 0 Å². The van der Waals surface area contributed by atoms with Gasteiger partial charge in [-0.3, -0.25) is 19.1 Å². The number of hydrogen-bond acceptors (Lipinski definition) is 7. The van der Waals surface area contributed by atoms with Crippen molar-refractivity contribution >= 4 is 46.1 Å². The van der Waals surface area contributed by atoms with Crippen LogP contribution in [0.3, 0.4) is 0 Å². The van der Waals surface area contributed by atoms with E-state index in [1.54, 1.807) is 16.4 Å². The highest BCUT2D eigenvalue weighted by atomic mass is 32.2. The van der Waals surface area contributed by atoms with Gasteiger partial charge in [-0.25, -0.2) is 0 Å². The first-order valence-corrected chi connectivity index (χ1v) is 13.3. The highest BCUT2D eigenvalue weighted by Crippen LogP contribution is 2.36. The Kier molecular flexibility index (Phi) is 8.96. The zero-order valence-corrected chi connectivity index (χ0v) is 22.4. The van der Waals surface area contributed by atoms with Crippen LogP contribution in [-0.2, 0) is 16.1 Å². The van der Waals surface area contributed by atoms with Crippen LogP contribution in [0.4, 0.5) is 5.82 Å². The molecule has 2 unspecified atom stereocenters. The maximum Gasteiger partial charge on any atom is 0.270 e. The lowest BCUT2D eigenvalue weighted by Crippen LogP contribution is -2.48. The average molecular weight is 503 g/mol. The predicted molar refractivity (Wildman–Crippen MR) is 142 cm³/mol. The van der Waals surface area contributed by atoms with Crippen LogP contribution in [-0.4, -0.2) is 51.5 Å². The van der Waals surface area contributed by atoms with Crippen molar-refractivity contribution in [2.75, 3.05) is 24.5 Å². The second-order valence-corrected chi connectivity index (χ2v) is 10.7. The zero-order chi connectivity index (χ0) is 25.0. The quantitative estimate of drug-likeness (QED) is 0.384. The van der Waals surface area contributed by atoms with E-state index in [9.17, 15) is 14.9 Å². The van der Waals surface area contributed by atoms with Crippen LogP contribution in [0.25, 0.3) is 6.08 Å². The van der Waals surface area contributed by atoms with Crippen molar-refractivity contribution in [1.29, 1.82) is 5.26 Å². The largest absolute Gasteiger partial charge is 0.372 e. The number of thiocarbonyl (C=S) groups is 1. The van der Waals surface area contributed by atoms with Crippen molar-refractivity contribution in [2.45, 2.75) is 79.1 Å². The summed E-state index contributed by atoms with van der Waals surface area (Å²) in [6, 6.07) is 2.12. The number of hydrogen-bond donors (Lipinski definition) is 0. The molecule has 0 aliphatic carbocycles. The van der Waals surface area contributed by atoms with Gasteiger partial charge in [-0.1, -0.05) is 50.7 Å². The molecule has 1 aromatic heterocycles. The van der Waals surface area contributed by atoms with Crippen molar-refractivity contribution < 1.29 is 9.53 Å². The fourth-order valence-electron chi connectivity index (χ4n) is 4.50. The van der Waals surface area contributed by atoms with E-state index in [1.807, 2.05) is 19.9 Å². The molecule has 2 aliphatic rings. The van der Waals surface area contributed by atoms with Crippen LogP contribution < -0.4 is 10.5 Å². The van der Waals surface area contributed by atoms with Gasteiger partial charge in [-0.15, -0.1) is 0 Å². The van der Waals surface area contributed by atoms with E-state index in [-0.39, 0.29) is 29.2 Å². The third-order valence-electron chi connectivity index (χ3n) is 6.19. The standard InChI is InChI=1S/C25H34N4O3S2/c1-6-8-10-28-22(27-14-16(3)32-17(4)15-27)19(18(5)20(13-26)23(28)30)12-21-24(31)29(11-9-7-2)25(33)34-21/h12,16-17H,6-11,14-15H2,1-5H3/b21-12-. The maximum atomic E-state index is 13.4. The number of rotatable bonds is 8. The van der Waals surface area contributed by atoms with Gasteiger partial charge in [0.1, 0.15) is 21.8 Å². The molecule has 184 valence electrons. The van der Waals surface area contributed by atoms with E-state index in [0.29, 0.717) is 41.0 Å². The summed E-state index contributed by atoms with van der Waals surface area (Å²) >= 11 is 6.78. The summed E-state index contributed by atoms with van der Waals surface area (Å²) in [5.41, 5.74) is 1.19. The minimum Gasteiger partial charge on any atom is -0.372 e. The van der Waals surface area contributed by atoms with Crippen LogP contribution in [0.15, 0.2) is 9.70 Å². The fraction of sp³-hybridized carbons (Fsp3) is 0.600. The molecule has 0 bridgehead atoms. The van der Waals surface area contributed by atoms with E-state index in [2.05, 4.69) is 24.8 Å². The monoisotopic (exact) mass is 502 g/mol. The third kappa shape index (κ3) is 5.40. The van der Waals surface area contributed by atoms with Gasteiger partial charge < -0.3 is 9.64 Å². The van der Waals surface area contributed by atoms with Crippen molar-refractivity contribution in [1.82, 2.24) is 9.47 Å². The van der Waals surface area contributed by atoms with Crippen LogP contribution in [0, 0.1) is 18.3 Å². The number of ether oxygens (including phenoxy) is 1. The molecule has 0 N–H and O–H groups in total. The van der Waals surface area contributed by atoms with E-state index in [4.69, 9.17) is 17.0 Å². The van der Waals surface area contributed by atoms with Gasteiger partial charge in [-0.2, -0.15) is 5.26 Å². The predicted octanol–water partition coefficient (Wildman–Crippen LogP) is 4.44. The van der Waals surface area contributed by atoms with Crippen molar-refractivity contribution in [2.24, 2.45) is 0 Å². The number of carbonyl (C=O) groups is 1. The molecule has 2 saturated heterocycles. The molecular weight excluding hydrogens is 468 g/mol. The molecule has 3 heterocycles. The molecule has 1 amide bonds. The number of nitriles is 1. The number of morpholine rings is 1. The Hall–Kier alpha value is -2.15. The van der Waals surface area contributed by atoms with Gasteiger partial charge >= 0.3 is 0 Å². The maximum absolute atomic E-state index is 13.4. The Bertz CT molecular complexity index is 1080. The Morgan fingerprint density at radius 1 is 1.15 bits per heavy atom. The Balaban J connectivity index is 2.22. The van der Waals surface area contributed by atoms with E-state index in [1.165, 1.54) is 11.8 Å². The molecule has 0 saturated carbocycles. The first-order valence-electron chi connectivity index (χ1n) is 12.1. The smallest absolute Gasteiger partial charge is 0.270 e. The van der Waals surface area contributed by atoms with Gasteiger partial charge in [0, 0.05) is 31.7 Å². The average Bonchev–Trinajstić information content (AvgIpc) is 3.05. The molecule has 0 spiro atoms. The van der Waals surface area contributed by atoms with E-state index in [0.717, 1.165) is 37.1 Å². The summed E-state index contributed by atoms with van der Waals surface area (Å²) in [6.45, 7) is 12.4. The lowest BCUT2D eigenvalue weighted by atomic mass is 10.0. The third-order valence-corrected chi connectivity index (χ3v) is 7.56. The molecule has 0 aromatic carbocycles. The van der Waals surface area contributed by atoms with Gasteiger partial charge in [0.25, 0.3) is 11.5 Å². The summed E-state index contributed by atoms with van der Waals surface area (Å²) in [6.07, 6.45) is 5.42. The number of carbonyl (C=O) groups excluding carboxylic acids is 1. The topological polar surface area (TPSA) is 78.6 Å². The summed E-state index contributed by atoms with van der Waals surface area (Å²) < 4.78 is 8.22. The Labute approximate surface area is 211 Å². The summed E-state index contributed by atoms with van der Waals surface area (Å²) in [4.78, 5) is 30.9. The minimum atomic E-state index is -0.275. The molecule has 2 fully saturated rings. The zero-order valence-electron chi connectivity index (χ0n) is 20.7. The molecule has 7 nitrogen and oxygen atoms in total. The molecular formula is C25H34N4O3S2.